The molecule has 0 aromatic rings. The van der Waals surface area contributed by atoms with Crippen LogP contribution in [0.2, 0.25) is 0 Å². The summed E-state index contributed by atoms with van der Waals surface area (Å²) in [7, 11) is 0. The Bertz CT molecular complexity index is 174. The molecule has 1 heteroatoms. The first-order chi connectivity index (χ1) is 5.43. The van der Waals surface area contributed by atoms with Gasteiger partial charge in [0.2, 0.25) is 0 Å². The highest BCUT2D eigenvalue weighted by atomic mass is 15.2. The quantitative estimate of drug-likeness (QED) is 0.580. The molecule has 0 saturated carbocycles. The Balaban J connectivity index is 2.70. The van der Waals surface area contributed by atoms with Crippen LogP contribution < -0.4 is 0 Å². The highest BCUT2D eigenvalue weighted by molar-refractivity contribution is 5.03. The number of nitrogens with zero attached hydrogens (tertiary/aromatic N) is 1. The van der Waals surface area contributed by atoms with Gasteiger partial charge in [-0.1, -0.05) is 19.9 Å². The lowest BCUT2D eigenvalue weighted by Gasteiger charge is -2.39. The van der Waals surface area contributed by atoms with Gasteiger partial charge in [-0.3, -0.25) is 0 Å². The fraction of sp³-hybridized carbons (Fsp3) is 0.818. The number of hydrogen-bond donors (Lipinski definition) is 0. The molecule has 0 aromatic carbocycles. The van der Waals surface area contributed by atoms with Gasteiger partial charge in [-0.2, -0.15) is 0 Å². The summed E-state index contributed by atoms with van der Waals surface area (Å²) in [6, 6.07) is 0.713. The van der Waals surface area contributed by atoms with Crippen LogP contribution in [0, 0.1) is 5.92 Å². The van der Waals surface area contributed by atoms with Gasteiger partial charge >= 0.3 is 0 Å². The Morgan fingerprint density at radius 3 is 2.25 bits per heavy atom. The zero-order chi connectivity index (χ0) is 9.35. The standard InChI is InChI=1S/C11H21N/c1-9(2)10-7-6-8-12(10)11(3,4)5/h6,8-10H,7H2,1-5H3. The largest absolute Gasteiger partial charge is 0.369 e. The lowest BCUT2D eigenvalue weighted by molar-refractivity contribution is 0.129. The van der Waals surface area contributed by atoms with E-state index in [4.69, 9.17) is 0 Å². The van der Waals surface area contributed by atoms with E-state index < -0.39 is 0 Å². The molecule has 0 fully saturated rings. The summed E-state index contributed by atoms with van der Waals surface area (Å²) in [6.07, 6.45) is 5.76. The maximum absolute atomic E-state index is 2.48. The molecular weight excluding hydrogens is 146 g/mol. The molecule has 1 aliphatic heterocycles. The summed E-state index contributed by atoms with van der Waals surface area (Å²) in [4.78, 5) is 2.48. The summed E-state index contributed by atoms with van der Waals surface area (Å²) >= 11 is 0. The summed E-state index contributed by atoms with van der Waals surface area (Å²) in [6.45, 7) is 11.4. The Morgan fingerprint density at radius 1 is 1.33 bits per heavy atom. The third-order valence-corrected chi connectivity index (χ3v) is 2.55. The minimum absolute atomic E-state index is 0.280. The molecule has 0 aromatic heterocycles. The SMILES string of the molecule is CC(C)C1CC=CN1C(C)(C)C. The van der Waals surface area contributed by atoms with Crippen LogP contribution in [0.4, 0.5) is 0 Å². The van der Waals surface area contributed by atoms with Crippen LogP contribution in [-0.2, 0) is 0 Å². The fourth-order valence-corrected chi connectivity index (χ4v) is 1.85. The van der Waals surface area contributed by atoms with Crippen molar-refractivity contribution in [3.63, 3.8) is 0 Å². The molecule has 0 N–H and O–H groups in total. The monoisotopic (exact) mass is 167 g/mol. The van der Waals surface area contributed by atoms with Crippen LogP contribution in [-0.4, -0.2) is 16.5 Å². The molecular formula is C11H21N. The third-order valence-electron chi connectivity index (χ3n) is 2.55. The molecule has 70 valence electrons. The first-order valence-corrected chi connectivity index (χ1v) is 4.88. The zero-order valence-electron chi connectivity index (χ0n) is 8.96. The van der Waals surface area contributed by atoms with Gasteiger partial charge in [0.25, 0.3) is 0 Å². The van der Waals surface area contributed by atoms with E-state index >= 15 is 0 Å². The fourth-order valence-electron chi connectivity index (χ4n) is 1.85. The van der Waals surface area contributed by atoms with Crippen molar-refractivity contribution in [2.75, 3.05) is 0 Å². The van der Waals surface area contributed by atoms with E-state index in [1.165, 1.54) is 6.42 Å². The van der Waals surface area contributed by atoms with Crippen molar-refractivity contribution >= 4 is 0 Å². The van der Waals surface area contributed by atoms with E-state index in [0.717, 1.165) is 5.92 Å². The molecule has 12 heavy (non-hydrogen) atoms. The molecule has 1 unspecified atom stereocenters. The smallest absolute Gasteiger partial charge is 0.0347 e. The van der Waals surface area contributed by atoms with Crippen LogP contribution in [0.1, 0.15) is 41.0 Å². The molecule has 1 rings (SSSR count). The normalized spacial score (nSPS) is 24.2. The molecule has 0 radical (unpaired) electrons. The zero-order valence-corrected chi connectivity index (χ0v) is 8.96. The van der Waals surface area contributed by atoms with E-state index in [0.29, 0.717) is 6.04 Å². The summed E-state index contributed by atoms with van der Waals surface area (Å²) in [5.41, 5.74) is 0.280. The summed E-state index contributed by atoms with van der Waals surface area (Å²) < 4.78 is 0. The van der Waals surface area contributed by atoms with Crippen LogP contribution >= 0.6 is 0 Å². The van der Waals surface area contributed by atoms with Crippen molar-refractivity contribution in [1.82, 2.24) is 4.90 Å². The first-order valence-electron chi connectivity index (χ1n) is 4.88. The Labute approximate surface area is 76.5 Å². The maximum atomic E-state index is 2.48. The molecule has 0 bridgehead atoms. The van der Waals surface area contributed by atoms with Gasteiger partial charge in [-0.05, 0) is 39.3 Å². The molecule has 0 aliphatic carbocycles. The van der Waals surface area contributed by atoms with E-state index in [1.807, 2.05) is 0 Å². The molecule has 1 aliphatic rings. The minimum Gasteiger partial charge on any atom is -0.369 e. The van der Waals surface area contributed by atoms with Crippen LogP contribution in [0.3, 0.4) is 0 Å². The van der Waals surface area contributed by atoms with Gasteiger partial charge < -0.3 is 4.90 Å². The van der Waals surface area contributed by atoms with Crippen molar-refractivity contribution in [1.29, 1.82) is 0 Å². The third kappa shape index (κ3) is 1.82. The average molecular weight is 167 g/mol. The van der Waals surface area contributed by atoms with Crippen LogP contribution in [0.25, 0.3) is 0 Å². The van der Waals surface area contributed by atoms with Crippen LogP contribution in [0.5, 0.6) is 0 Å². The van der Waals surface area contributed by atoms with Gasteiger partial charge in [0.15, 0.2) is 0 Å². The molecule has 1 nitrogen and oxygen atoms in total. The van der Waals surface area contributed by atoms with Crippen molar-refractivity contribution in [3.05, 3.63) is 12.3 Å². The first kappa shape index (κ1) is 9.63. The lowest BCUT2D eigenvalue weighted by Crippen LogP contribution is -2.44. The van der Waals surface area contributed by atoms with Crippen molar-refractivity contribution < 1.29 is 0 Å². The van der Waals surface area contributed by atoms with Crippen molar-refractivity contribution in [2.45, 2.75) is 52.6 Å². The van der Waals surface area contributed by atoms with Crippen molar-refractivity contribution in [3.8, 4) is 0 Å². The van der Waals surface area contributed by atoms with Crippen molar-refractivity contribution in [2.24, 2.45) is 5.92 Å². The van der Waals surface area contributed by atoms with Gasteiger partial charge in [-0.25, -0.2) is 0 Å². The van der Waals surface area contributed by atoms with E-state index in [2.05, 4.69) is 51.8 Å². The highest BCUT2D eigenvalue weighted by Gasteiger charge is 2.30. The number of hydrogen-bond acceptors (Lipinski definition) is 1. The Kier molecular flexibility index (Phi) is 2.50. The predicted octanol–water partition coefficient (Wildman–Crippen LogP) is 3.03. The topological polar surface area (TPSA) is 3.24 Å². The van der Waals surface area contributed by atoms with Gasteiger partial charge in [0.1, 0.15) is 0 Å². The molecule has 0 amide bonds. The Hall–Kier alpha value is -0.460. The van der Waals surface area contributed by atoms with Gasteiger partial charge in [-0.15, -0.1) is 0 Å². The van der Waals surface area contributed by atoms with E-state index in [-0.39, 0.29) is 5.54 Å². The maximum Gasteiger partial charge on any atom is 0.0347 e. The molecule has 0 spiro atoms. The predicted molar refractivity (Wildman–Crippen MR) is 54.0 cm³/mol. The van der Waals surface area contributed by atoms with Crippen LogP contribution in [0.15, 0.2) is 12.3 Å². The Morgan fingerprint density at radius 2 is 1.92 bits per heavy atom. The molecule has 1 heterocycles. The molecule has 0 saturated heterocycles. The van der Waals surface area contributed by atoms with Gasteiger partial charge in [0, 0.05) is 11.6 Å². The second-order valence-electron chi connectivity index (χ2n) is 5.01. The highest BCUT2D eigenvalue weighted by Crippen LogP contribution is 2.28. The molecule has 1 atom stereocenters. The number of rotatable bonds is 1. The average Bonchev–Trinajstić information content (AvgIpc) is 2.30. The minimum atomic E-state index is 0.280. The van der Waals surface area contributed by atoms with Gasteiger partial charge in [0.05, 0.1) is 0 Å². The second kappa shape index (κ2) is 3.12. The second-order valence-corrected chi connectivity index (χ2v) is 5.01. The summed E-state index contributed by atoms with van der Waals surface area (Å²) in [5.74, 6) is 0.749. The lowest BCUT2D eigenvalue weighted by atomic mass is 9.97. The van der Waals surface area contributed by atoms with E-state index in [9.17, 15) is 0 Å². The summed E-state index contributed by atoms with van der Waals surface area (Å²) in [5, 5.41) is 0. The van der Waals surface area contributed by atoms with E-state index in [1.54, 1.807) is 0 Å².